The molecule has 1 N–H and O–H groups in total. The highest BCUT2D eigenvalue weighted by Crippen LogP contribution is 2.27. The van der Waals surface area contributed by atoms with Crippen LogP contribution in [0.4, 0.5) is 0 Å². The van der Waals surface area contributed by atoms with Gasteiger partial charge in [-0.3, -0.25) is 4.79 Å². The maximum Gasteiger partial charge on any atom is 0.317 e. The second kappa shape index (κ2) is 8.71. The van der Waals surface area contributed by atoms with Crippen LogP contribution in [-0.4, -0.2) is 31.7 Å². The number of fused-ring (bicyclic) bond motifs is 1. The lowest BCUT2D eigenvalue weighted by atomic mass is 9.84. The molecule has 3 atom stereocenters. The Morgan fingerprint density at radius 2 is 1.52 bits per heavy atom. The Morgan fingerprint density at radius 3 is 2.19 bits per heavy atom. The molecule has 0 saturated carbocycles. The Bertz CT molecular complexity index is 689. The molecule has 2 saturated heterocycles. The second-order valence-corrected chi connectivity index (χ2v) is 8.05. The van der Waals surface area contributed by atoms with Crippen molar-refractivity contribution in [2.45, 2.75) is 44.1 Å². The highest BCUT2D eigenvalue weighted by atomic mass is 16.5. The van der Waals surface area contributed by atoms with Gasteiger partial charge in [-0.2, -0.15) is 0 Å². The monoisotopic (exact) mass is 364 g/mol. The highest BCUT2D eigenvalue weighted by molar-refractivity contribution is 5.82. The summed E-state index contributed by atoms with van der Waals surface area (Å²) in [4.78, 5) is 14.9. The third-order valence-electron chi connectivity index (χ3n) is 6.37. The van der Waals surface area contributed by atoms with Gasteiger partial charge in [-0.25, -0.2) is 0 Å². The summed E-state index contributed by atoms with van der Waals surface area (Å²) in [5.41, 5.74) is 2.00. The molecule has 2 fully saturated rings. The lowest BCUT2D eigenvalue weighted by Crippen LogP contribution is -3.18. The van der Waals surface area contributed by atoms with Gasteiger partial charge in [-0.15, -0.1) is 0 Å². The van der Waals surface area contributed by atoms with E-state index in [1.165, 1.54) is 45.2 Å². The number of carbonyl (C=O) groups excluding carboxylic acids is 1. The van der Waals surface area contributed by atoms with Crippen LogP contribution >= 0.6 is 0 Å². The zero-order valence-electron chi connectivity index (χ0n) is 16.0. The minimum atomic E-state index is -0.342. The van der Waals surface area contributed by atoms with Crippen molar-refractivity contribution in [3.8, 4) is 0 Å². The number of esters is 1. The van der Waals surface area contributed by atoms with Gasteiger partial charge in [0.05, 0.1) is 25.7 Å². The van der Waals surface area contributed by atoms with E-state index in [1.807, 2.05) is 60.7 Å². The van der Waals surface area contributed by atoms with Gasteiger partial charge in [-0.05, 0) is 43.2 Å². The first-order valence-electron chi connectivity index (χ1n) is 10.4. The van der Waals surface area contributed by atoms with Crippen molar-refractivity contribution in [2.75, 3.05) is 19.7 Å². The molecule has 2 aliphatic rings. The molecule has 1 unspecified atom stereocenters. The molecule has 0 spiro atoms. The van der Waals surface area contributed by atoms with Crippen LogP contribution in [0.5, 0.6) is 0 Å². The maximum atomic E-state index is 13.1. The van der Waals surface area contributed by atoms with Crippen LogP contribution in [0.2, 0.25) is 0 Å². The number of rotatable bonds is 5. The first kappa shape index (κ1) is 18.2. The van der Waals surface area contributed by atoms with Crippen LogP contribution < -0.4 is 4.90 Å². The highest BCUT2D eigenvalue weighted by Gasteiger charge is 2.37. The standard InChI is InChI=1S/C24H29NO2/c26-24(27-18-21-14-9-17-25-16-8-7-15-22(21)25)23(19-10-3-1-4-11-19)20-12-5-2-6-13-20/h1-6,10-13,21-23H,7-9,14-18H2/p+1/t21-,22-/m1/s1. The Hall–Kier alpha value is -2.13. The molecule has 2 aromatic rings. The molecule has 3 nitrogen and oxygen atoms in total. The second-order valence-electron chi connectivity index (χ2n) is 8.05. The lowest BCUT2D eigenvalue weighted by Gasteiger charge is -2.41. The summed E-state index contributed by atoms with van der Waals surface area (Å²) in [6, 6.07) is 20.7. The van der Waals surface area contributed by atoms with Crippen molar-refractivity contribution >= 4 is 5.97 Å². The van der Waals surface area contributed by atoms with E-state index < -0.39 is 0 Å². The summed E-state index contributed by atoms with van der Waals surface area (Å²) in [6.45, 7) is 3.17. The van der Waals surface area contributed by atoms with E-state index in [2.05, 4.69) is 0 Å². The normalized spacial score (nSPS) is 25.0. The molecule has 0 bridgehead atoms. The lowest BCUT2D eigenvalue weighted by molar-refractivity contribution is -0.940. The predicted molar refractivity (Wildman–Crippen MR) is 107 cm³/mol. The Kier molecular flexibility index (Phi) is 5.88. The largest absolute Gasteiger partial charge is 0.464 e. The van der Waals surface area contributed by atoms with Crippen LogP contribution in [0.25, 0.3) is 0 Å². The molecule has 0 aliphatic carbocycles. The molecule has 2 heterocycles. The van der Waals surface area contributed by atoms with Crippen molar-refractivity contribution in [1.82, 2.24) is 0 Å². The minimum Gasteiger partial charge on any atom is -0.464 e. The van der Waals surface area contributed by atoms with Gasteiger partial charge in [0.1, 0.15) is 5.92 Å². The first-order valence-corrected chi connectivity index (χ1v) is 10.4. The Balaban J connectivity index is 1.47. The topological polar surface area (TPSA) is 30.7 Å². The molecule has 3 heteroatoms. The van der Waals surface area contributed by atoms with E-state index in [0.717, 1.165) is 11.1 Å². The average Bonchev–Trinajstić information content (AvgIpc) is 2.74. The molecule has 2 aromatic carbocycles. The summed E-state index contributed by atoms with van der Waals surface area (Å²) >= 11 is 0. The van der Waals surface area contributed by atoms with Crippen LogP contribution in [0.15, 0.2) is 60.7 Å². The van der Waals surface area contributed by atoms with Crippen molar-refractivity contribution in [1.29, 1.82) is 0 Å². The third-order valence-corrected chi connectivity index (χ3v) is 6.37. The fourth-order valence-electron chi connectivity index (χ4n) is 5.01. The number of nitrogens with one attached hydrogen (secondary N) is 1. The quantitative estimate of drug-likeness (QED) is 0.826. The molecule has 27 heavy (non-hydrogen) atoms. The molecule has 142 valence electrons. The van der Waals surface area contributed by atoms with Gasteiger partial charge >= 0.3 is 5.97 Å². The van der Waals surface area contributed by atoms with Crippen LogP contribution in [-0.2, 0) is 9.53 Å². The predicted octanol–water partition coefficient (Wildman–Crippen LogP) is 3.21. The van der Waals surface area contributed by atoms with Gasteiger partial charge in [0.15, 0.2) is 0 Å². The Morgan fingerprint density at radius 1 is 0.889 bits per heavy atom. The summed E-state index contributed by atoms with van der Waals surface area (Å²) in [7, 11) is 0. The fourth-order valence-corrected chi connectivity index (χ4v) is 5.01. The van der Waals surface area contributed by atoms with Gasteiger partial charge in [0, 0.05) is 5.92 Å². The number of piperidine rings is 2. The van der Waals surface area contributed by atoms with E-state index >= 15 is 0 Å². The van der Waals surface area contributed by atoms with E-state index in [9.17, 15) is 4.79 Å². The number of ether oxygens (including phenoxy) is 1. The number of quaternary nitrogens is 1. The average molecular weight is 365 g/mol. The summed E-state index contributed by atoms with van der Waals surface area (Å²) in [5, 5.41) is 0. The van der Waals surface area contributed by atoms with E-state index in [1.54, 1.807) is 4.90 Å². The molecule has 2 aliphatic heterocycles. The van der Waals surface area contributed by atoms with E-state index in [0.29, 0.717) is 18.6 Å². The number of carbonyl (C=O) groups is 1. The number of hydrogen-bond acceptors (Lipinski definition) is 2. The van der Waals surface area contributed by atoms with Gasteiger partial charge < -0.3 is 9.64 Å². The molecular weight excluding hydrogens is 334 g/mol. The maximum absolute atomic E-state index is 13.1. The number of benzene rings is 2. The molecule has 0 amide bonds. The van der Waals surface area contributed by atoms with Crippen molar-refractivity contribution in [3.63, 3.8) is 0 Å². The molecular formula is C24H30NO2+. The zero-order chi connectivity index (χ0) is 18.5. The van der Waals surface area contributed by atoms with Crippen LogP contribution in [0.3, 0.4) is 0 Å². The summed E-state index contributed by atoms with van der Waals surface area (Å²) in [6.07, 6.45) is 6.42. The van der Waals surface area contributed by atoms with Gasteiger partial charge in [0.2, 0.25) is 0 Å². The van der Waals surface area contributed by atoms with Crippen LogP contribution in [0.1, 0.15) is 49.1 Å². The minimum absolute atomic E-state index is 0.115. The van der Waals surface area contributed by atoms with Gasteiger partial charge in [0.25, 0.3) is 0 Å². The first-order chi connectivity index (χ1) is 13.3. The summed E-state index contributed by atoms with van der Waals surface area (Å²) < 4.78 is 5.95. The zero-order valence-corrected chi connectivity index (χ0v) is 16.0. The SMILES string of the molecule is O=C(OC[C@H]1CCC[NH+]2CCCC[C@H]12)C(c1ccccc1)c1ccccc1. The van der Waals surface area contributed by atoms with Crippen LogP contribution in [0, 0.1) is 5.92 Å². The van der Waals surface area contributed by atoms with E-state index in [4.69, 9.17) is 4.74 Å². The van der Waals surface area contributed by atoms with E-state index in [-0.39, 0.29) is 11.9 Å². The van der Waals surface area contributed by atoms with Gasteiger partial charge in [-0.1, -0.05) is 60.7 Å². The number of hydrogen-bond donors (Lipinski definition) is 1. The van der Waals surface area contributed by atoms with Crippen molar-refractivity contribution in [2.24, 2.45) is 5.92 Å². The molecule has 4 rings (SSSR count). The fraction of sp³-hybridized carbons (Fsp3) is 0.458. The van der Waals surface area contributed by atoms with Crippen molar-refractivity contribution < 1.29 is 14.4 Å². The molecule has 0 aromatic heterocycles. The summed E-state index contributed by atoms with van der Waals surface area (Å²) in [5.74, 6) is 0.0614. The third kappa shape index (κ3) is 4.24. The molecule has 0 radical (unpaired) electrons. The van der Waals surface area contributed by atoms with Crippen molar-refractivity contribution in [3.05, 3.63) is 71.8 Å². The Labute approximate surface area is 162 Å². The smallest absolute Gasteiger partial charge is 0.317 e.